The number of nitrogens with zero attached hydrogens (tertiary/aromatic N) is 1. The Morgan fingerprint density at radius 2 is 2.10 bits per heavy atom. The van der Waals surface area contributed by atoms with Crippen molar-refractivity contribution in [3.8, 4) is 0 Å². The van der Waals surface area contributed by atoms with Gasteiger partial charge in [-0.15, -0.1) is 0 Å². The van der Waals surface area contributed by atoms with Crippen LogP contribution in [0.4, 0.5) is 5.69 Å². The van der Waals surface area contributed by atoms with Crippen LogP contribution in [0.2, 0.25) is 0 Å². The number of hydrogen-bond acceptors (Lipinski definition) is 4. The minimum atomic E-state index is -0.918. The number of nitrogens with one attached hydrogen (secondary N) is 1. The van der Waals surface area contributed by atoms with Crippen LogP contribution in [0.1, 0.15) is 29.3 Å². The van der Waals surface area contributed by atoms with E-state index < -0.39 is 10.9 Å². The molecule has 2 N–H and O–H groups in total. The number of nitro groups is 1. The van der Waals surface area contributed by atoms with E-state index in [4.69, 9.17) is 5.11 Å². The topological polar surface area (TPSA) is 110 Å². The summed E-state index contributed by atoms with van der Waals surface area (Å²) < 4.78 is 0. The molecular weight excluding hydrogens is 264 g/mol. The van der Waals surface area contributed by atoms with Crippen molar-refractivity contribution in [2.75, 3.05) is 6.54 Å². The summed E-state index contributed by atoms with van der Waals surface area (Å²) in [5.74, 6) is -1.47. The smallest absolute Gasteiger partial charge is 0.303 e. The Hall–Kier alpha value is -2.44. The number of rotatable bonds is 6. The zero-order valence-corrected chi connectivity index (χ0v) is 11.3. The lowest BCUT2D eigenvalue weighted by molar-refractivity contribution is -0.384. The Labute approximate surface area is 115 Å². The average molecular weight is 280 g/mol. The van der Waals surface area contributed by atoms with Gasteiger partial charge in [-0.1, -0.05) is 6.92 Å². The van der Waals surface area contributed by atoms with Crippen molar-refractivity contribution in [3.05, 3.63) is 39.4 Å². The lowest BCUT2D eigenvalue weighted by Crippen LogP contribution is -2.29. The maximum Gasteiger partial charge on any atom is 0.303 e. The Kier molecular flexibility index (Phi) is 5.19. The third kappa shape index (κ3) is 4.34. The molecular formula is C13H16N2O5. The second kappa shape index (κ2) is 6.65. The van der Waals surface area contributed by atoms with Crippen molar-refractivity contribution in [2.45, 2.75) is 20.3 Å². The summed E-state index contributed by atoms with van der Waals surface area (Å²) in [6.07, 6.45) is -0.0283. The zero-order chi connectivity index (χ0) is 15.3. The second-order valence-electron chi connectivity index (χ2n) is 4.67. The number of hydrogen-bond donors (Lipinski definition) is 2. The van der Waals surface area contributed by atoms with E-state index in [2.05, 4.69) is 5.32 Å². The molecule has 108 valence electrons. The standard InChI is InChI=1S/C13H16N2O5/c1-8(5-12(16)17)7-14-13(18)11-4-3-10(15(19)20)6-9(11)2/h3-4,6,8H,5,7H2,1-2H3,(H,14,18)(H,16,17). The van der Waals surface area contributed by atoms with Crippen molar-refractivity contribution in [2.24, 2.45) is 5.92 Å². The first kappa shape index (κ1) is 15.6. The van der Waals surface area contributed by atoms with Crippen molar-refractivity contribution < 1.29 is 19.6 Å². The average Bonchev–Trinajstić information content (AvgIpc) is 2.34. The van der Waals surface area contributed by atoms with E-state index in [1.54, 1.807) is 13.8 Å². The van der Waals surface area contributed by atoms with E-state index in [9.17, 15) is 19.7 Å². The summed E-state index contributed by atoms with van der Waals surface area (Å²) in [6, 6.07) is 3.99. The number of benzene rings is 1. The molecule has 0 heterocycles. The molecule has 0 radical (unpaired) electrons. The summed E-state index contributed by atoms with van der Waals surface area (Å²) in [7, 11) is 0. The van der Waals surface area contributed by atoms with Crippen LogP contribution in [0.15, 0.2) is 18.2 Å². The third-order valence-electron chi connectivity index (χ3n) is 2.80. The molecule has 0 aromatic heterocycles. The maximum atomic E-state index is 11.9. The number of nitro benzene ring substituents is 1. The van der Waals surface area contributed by atoms with Crippen LogP contribution in [-0.4, -0.2) is 28.5 Å². The molecule has 1 aromatic carbocycles. The highest BCUT2D eigenvalue weighted by molar-refractivity contribution is 5.95. The minimum Gasteiger partial charge on any atom is -0.481 e. The predicted molar refractivity (Wildman–Crippen MR) is 71.6 cm³/mol. The number of carboxylic acids is 1. The molecule has 1 atom stereocenters. The zero-order valence-electron chi connectivity index (χ0n) is 11.3. The van der Waals surface area contributed by atoms with Crippen molar-refractivity contribution in [3.63, 3.8) is 0 Å². The van der Waals surface area contributed by atoms with Crippen LogP contribution >= 0.6 is 0 Å². The number of carbonyl (C=O) groups excluding carboxylic acids is 1. The first-order valence-electron chi connectivity index (χ1n) is 6.06. The number of carbonyl (C=O) groups is 2. The molecule has 0 spiro atoms. The van der Waals surface area contributed by atoms with E-state index >= 15 is 0 Å². The summed E-state index contributed by atoms with van der Waals surface area (Å²) in [5, 5.41) is 21.8. The number of aliphatic carboxylic acids is 1. The van der Waals surface area contributed by atoms with Gasteiger partial charge in [-0.25, -0.2) is 0 Å². The first-order valence-corrected chi connectivity index (χ1v) is 6.06. The number of aryl methyl sites for hydroxylation is 1. The molecule has 20 heavy (non-hydrogen) atoms. The van der Waals surface area contributed by atoms with Crippen LogP contribution in [0.3, 0.4) is 0 Å². The lowest BCUT2D eigenvalue weighted by atomic mass is 10.1. The predicted octanol–water partition coefficient (Wildman–Crippen LogP) is 1.74. The highest BCUT2D eigenvalue weighted by atomic mass is 16.6. The van der Waals surface area contributed by atoms with Gasteiger partial charge in [0.1, 0.15) is 0 Å². The van der Waals surface area contributed by atoms with Crippen molar-refractivity contribution in [1.29, 1.82) is 0 Å². The van der Waals surface area contributed by atoms with E-state index in [0.717, 1.165) is 0 Å². The summed E-state index contributed by atoms with van der Waals surface area (Å²) >= 11 is 0. The summed E-state index contributed by atoms with van der Waals surface area (Å²) in [4.78, 5) is 32.5. The van der Waals surface area contributed by atoms with E-state index in [1.807, 2.05) is 0 Å². The molecule has 0 aliphatic rings. The Bertz CT molecular complexity index is 542. The number of carboxylic acid groups (broad SMARTS) is 1. The Morgan fingerprint density at radius 3 is 2.60 bits per heavy atom. The van der Waals surface area contributed by atoms with Crippen molar-refractivity contribution in [1.82, 2.24) is 5.32 Å². The minimum absolute atomic E-state index is 0.0283. The maximum absolute atomic E-state index is 11.9. The molecule has 1 aromatic rings. The third-order valence-corrected chi connectivity index (χ3v) is 2.80. The van der Waals surface area contributed by atoms with E-state index in [0.29, 0.717) is 11.1 Å². The molecule has 1 unspecified atom stereocenters. The molecule has 7 nitrogen and oxygen atoms in total. The monoisotopic (exact) mass is 280 g/mol. The molecule has 7 heteroatoms. The molecule has 0 bridgehead atoms. The first-order chi connectivity index (χ1) is 9.31. The summed E-state index contributed by atoms with van der Waals surface area (Å²) in [5.41, 5.74) is 0.777. The van der Waals surface area contributed by atoms with Gasteiger partial charge >= 0.3 is 5.97 Å². The molecule has 0 saturated carbocycles. The molecule has 0 saturated heterocycles. The fourth-order valence-corrected chi connectivity index (χ4v) is 1.75. The molecule has 1 rings (SSSR count). The lowest BCUT2D eigenvalue weighted by Gasteiger charge is -2.11. The molecule has 0 aliphatic carbocycles. The molecule has 0 fully saturated rings. The Balaban J connectivity index is 2.68. The van der Waals surface area contributed by atoms with Gasteiger partial charge in [0.2, 0.25) is 0 Å². The van der Waals surface area contributed by atoms with E-state index in [1.165, 1.54) is 18.2 Å². The van der Waals surface area contributed by atoms with Gasteiger partial charge < -0.3 is 10.4 Å². The number of non-ortho nitro benzene ring substituents is 1. The molecule has 0 aliphatic heterocycles. The SMILES string of the molecule is Cc1cc([N+](=O)[O-])ccc1C(=O)NCC(C)CC(=O)O. The fraction of sp³-hybridized carbons (Fsp3) is 0.385. The van der Waals surface area contributed by atoms with Crippen LogP contribution in [0.5, 0.6) is 0 Å². The van der Waals surface area contributed by atoms with Gasteiger partial charge in [-0.05, 0) is 24.5 Å². The van der Waals surface area contributed by atoms with Gasteiger partial charge in [0.25, 0.3) is 11.6 Å². The highest BCUT2D eigenvalue weighted by Gasteiger charge is 2.15. The van der Waals surface area contributed by atoms with Gasteiger partial charge in [0, 0.05) is 30.7 Å². The van der Waals surface area contributed by atoms with Crippen LogP contribution < -0.4 is 5.32 Å². The highest BCUT2D eigenvalue weighted by Crippen LogP contribution is 2.17. The van der Waals surface area contributed by atoms with Crippen LogP contribution in [-0.2, 0) is 4.79 Å². The molecule has 1 amide bonds. The quantitative estimate of drug-likeness (QED) is 0.609. The fourth-order valence-electron chi connectivity index (χ4n) is 1.75. The van der Waals surface area contributed by atoms with Gasteiger partial charge in [0.15, 0.2) is 0 Å². The van der Waals surface area contributed by atoms with Gasteiger partial charge in [-0.2, -0.15) is 0 Å². The van der Waals surface area contributed by atoms with Gasteiger partial charge in [0.05, 0.1) is 4.92 Å². The van der Waals surface area contributed by atoms with Crippen LogP contribution in [0, 0.1) is 23.0 Å². The summed E-state index contributed by atoms with van der Waals surface area (Å²) in [6.45, 7) is 3.57. The van der Waals surface area contributed by atoms with Crippen LogP contribution in [0.25, 0.3) is 0 Å². The number of amides is 1. The normalized spacial score (nSPS) is 11.7. The largest absolute Gasteiger partial charge is 0.481 e. The Morgan fingerprint density at radius 1 is 1.45 bits per heavy atom. The second-order valence-corrected chi connectivity index (χ2v) is 4.67. The van der Waals surface area contributed by atoms with Crippen molar-refractivity contribution >= 4 is 17.6 Å². The van der Waals surface area contributed by atoms with Gasteiger partial charge in [-0.3, -0.25) is 19.7 Å². The van der Waals surface area contributed by atoms with E-state index in [-0.39, 0.29) is 30.5 Å².